The molecular formula is C19H21FN2O4S. The molecule has 0 aliphatic carbocycles. The molecule has 0 aromatic heterocycles. The number of anilines is 1. The van der Waals surface area contributed by atoms with Gasteiger partial charge in [-0.15, -0.1) is 0 Å². The number of carbonyl (C=O) groups is 1. The van der Waals surface area contributed by atoms with Crippen molar-refractivity contribution in [3.63, 3.8) is 0 Å². The monoisotopic (exact) mass is 392 g/mol. The van der Waals surface area contributed by atoms with E-state index in [1.807, 2.05) is 23.1 Å². The fourth-order valence-electron chi connectivity index (χ4n) is 3.22. The number of nitrogens with one attached hydrogen (secondary N) is 1. The van der Waals surface area contributed by atoms with Crippen molar-refractivity contribution in [3.8, 4) is 0 Å². The van der Waals surface area contributed by atoms with Crippen LogP contribution >= 0.6 is 0 Å². The van der Waals surface area contributed by atoms with Crippen LogP contribution in [0.4, 0.5) is 10.1 Å². The quantitative estimate of drug-likeness (QED) is 0.764. The van der Waals surface area contributed by atoms with Crippen molar-refractivity contribution in [1.29, 1.82) is 0 Å². The highest BCUT2D eigenvalue weighted by Crippen LogP contribution is 2.24. The van der Waals surface area contributed by atoms with E-state index in [0.717, 1.165) is 16.7 Å². The van der Waals surface area contributed by atoms with Gasteiger partial charge in [0.05, 0.1) is 13.5 Å². The number of fused-ring (bicyclic) bond motifs is 1. The summed E-state index contributed by atoms with van der Waals surface area (Å²) in [7, 11) is -2.24. The van der Waals surface area contributed by atoms with E-state index in [0.29, 0.717) is 25.2 Å². The summed E-state index contributed by atoms with van der Waals surface area (Å²) in [6.07, 6.45) is 0.874. The zero-order valence-electron chi connectivity index (χ0n) is 14.9. The molecule has 6 nitrogen and oxygen atoms in total. The number of sulfonamides is 1. The fourth-order valence-corrected chi connectivity index (χ4v) is 4.48. The summed E-state index contributed by atoms with van der Waals surface area (Å²) in [5, 5.41) is 0. The van der Waals surface area contributed by atoms with E-state index in [4.69, 9.17) is 4.74 Å². The SMILES string of the molecule is COC(=O)Cc1cccc2c1CCN(CS(=O)(=O)Nc1ccc(F)cc1)C2. The van der Waals surface area contributed by atoms with Gasteiger partial charge in [0.25, 0.3) is 0 Å². The van der Waals surface area contributed by atoms with Crippen molar-refractivity contribution < 1.29 is 22.3 Å². The second-order valence-corrected chi connectivity index (χ2v) is 8.15. The molecule has 2 aromatic carbocycles. The lowest BCUT2D eigenvalue weighted by molar-refractivity contribution is -0.139. The topological polar surface area (TPSA) is 75.7 Å². The Kier molecular flexibility index (Phi) is 5.76. The number of benzene rings is 2. The molecule has 1 aliphatic rings. The van der Waals surface area contributed by atoms with Gasteiger partial charge >= 0.3 is 5.97 Å². The van der Waals surface area contributed by atoms with Crippen molar-refractivity contribution in [3.05, 3.63) is 65.0 Å². The van der Waals surface area contributed by atoms with Crippen LogP contribution in [0.1, 0.15) is 16.7 Å². The molecule has 0 atom stereocenters. The summed E-state index contributed by atoms with van der Waals surface area (Å²) in [5.41, 5.74) is 3.35. The van der Waals surface area contributed by atoms with Crippen LogP contribution in [-0.4, -0.2) is 38.8 Å². The standard InChI is InChI=1S/C19H21FN2O4S/c1-26-19(23)11-14-3-2-4-15-12-22(10-9-18(14)15)13-27(24,25)21-17-7-5-16(20)6-8-17/h2-8,21H,9-13H2,1H3. The first kappa shape index (κ1) is 19.3. The van der Waals surface area contributed by atoms with Crippen LogP contribution in [0.3, 0.4) is 0 Å². The third-order valence-corrected chi connectivity index (χ3v) is 5.73. The van der Waals surface area contributed by atoms with E-state index in [2.05, 4.69) is 4.72 Å². The van der Waals surface area contributed by atoms with Crippen LogP contribution in [0.5, 0.6) is 0 Å². The van der Waals surface area contributed by atoms with Crippen molar-refractivity contribution >= 4 is 21.7 Å². The van der Waals surface area contributed by atoms with Crippen LogP contribution in [0.2, 0.25) is 0 Å². The molecule has 1 heterocycles. The summed E-state index contributed by atoms with van der Waals surface area (Å²) in [4.78, 5) is 13.4. The lowest BCUT2D eigenvalue weighted by atomic mass is 9.93. The summed E-state index contributed by atoms with van der Waals surface area (Å²) in [6.45, 7) is 1.05. The fraction of sp³-hybridized carbons (Fsp3) is 0.316. The Morgan fingerprint density at radius 2 is 1.96 bits per heavy atom. The van der Waals surface area contributed by atoms with Gasteiger partial charge in [-0.05, 0) is 47.4 Å². The van der Waals surface area contributed by atoms with E-state index < -0.39 is 15.8 Å². The van der Waals surface area contributed by atoms with Gasteiger partial charge in [-0.1, -0.05) is 18.2 Å². The maximum atomic E-state index is 13.0. The van der Waals surface area contributed by atoms with Gasteiger partial charge in [0.2, 0.25) is 10.0 Å². The Morgan fingerprint density at radius 1 is 1.22 bits per heavy atom. The second-order valence-electron chi connectivity index (χ2n) is 6.46. The summed E-state index contributed by atoms with van der Waals surface area (Å²) in [6, 6.07) is 10.9. The van der Waals surface area contributed by atoms with Crippen LogP contribution in [0.25, 0.3) is 0 Å². The van der Waals surface area contributed by atoms with Gasteiger partial charge in [0.15, 0.2) is 0 Å². The Balaban J connectivity index is 1.68. The van der Waals surface area contributed by atoms with E-state index in [-0.39, 0.29) is 18.3 Å². The van der Waals surface area contributed by atoms with Gasteiger partial charge < -0.3 is 4.74 Å². The normalized spacial score (nSPS) is 14.4. The molecule has 0 radical (unpaired) electrons. The smallest absolute Gasteiger partial charge is 0.309 e. The zero-order chi connectivity index (χ0) is 19.4. The van der Waals surface area contributed by atoms with Crippen LogP contribution in [0.15, 0.2) is 42.5 Å². The predicted molar refractivity (Wildman–Crippen MR) is 100 cm³/mol. The van der Waals surface area contributed by atoms with Gasteiger partial charge in [-0.25, -0.2) is 12.8 Å². The third-order valence-electron chi connectivity index (χ3n) is 4.47. The van der Waals surface area contributed by atoms with E-state index in [1.165, 1.54) is 31.4 Å². The molecule has 0 amide bonds. The van der Waals surface area contributed by atoms with E-state index >= 15 is 0 Å². The van der Waals surface area contributed by atoms with Crippen LogP contribution in [-0.2, 0) is 38.9 Å². The maximum Gasteiger partial charge on any atom is 0.309 e. The average molecular weight is 392 g/mol. The predicted octanol–water partition coefficient (Wildman–Crippen LogP) is 2.30. The van der Waals surface area contributed by atoms with E-state index in [1.54, 1.807) is 0 Å². The molecule has 2 aromatic rings. The Bertz CT molecular complexity index is 929. The summed E-state index contributed by atoms with van der Waals surface area (Å²) in [5.74, 6) is -0.879. The number of rotatable bonds is 6. The highest BCUT2D eigenvalue weighted by atomic mass is 32.2. The van der Waals surface area contributed by atoms with E-state index in [9.17, 15) is 17.6 Å². The molecule has 144 valence electrons. The molecule has 0 spiro atoms. The maximum absolute atomic E-state index is 13.0. The minimum absolute atomic E-state index is 0.162. The van der Waals surface area contributed by atoms with Crippen molar-refractivity contribution in [2.75, 3.05) is 24.3 Å². The number of nitrogens with zero attached hydrogens (tertiary/aromatic N) is 1. The summed E-state index contributed by atoms with van der Waals surface area (Å²) < 4.78 is 45.0. The molecule has 0 saturated carbocycles. The number of esters is 1. The van der Waals surface area contributed by atoms with Crippen LogP contribution in [0, 0.1) is 5.82 Å². The lowest BCUT2D eigenvalue weighted by Crippen LogP contribution is -2.37. The Hall–Kier alpha value is -2.45. The second kappa shape index (κ2) is 8.06. The zero-order valence-corrected chi connectivity index (χ0v) is 15.8. The molecule has 8 heteroatoms. The van der Waals surface area contributed by atoms with Gasteiger partial charge in [-0.2, -0.15) is 0 Å². The number of methoxy groups -OCH3 is 1. The number of halogens is 1. The minimum Gasteiger partial charge on any atom is -0.469 e. The largest absolute Gasteiger partial charge is 0.469 e. The minimum atomic E-state index is -3.60. The first-order chi connectivity index (χ1) is 12.9. The average Bonchev–Trinajstić information content (AvgIpc) is 2.63. The number of ether oxygens (including phenoxy) is 1. The molecule has 1 N–H and O–H groups in total. The molecule has 3 rings (SSSR count). The molecule has 0 bridgehead atoms. The first-order valence-electron chi connectivity index (χ1n) is 8.51. The Morgan fingerprint density at radius 3 is 2.67 bits per heavy atom. The first-order valence-corrected chi connectivity index (χ1v) is 10.2. The van der Waals surface area contributed by atoms with Gasteiger partial charge in [0, 0.05) is 18.8 Å². The number of hydrogen-bond acceptors (Lipinski definition) is 5. The van der Waals surface area contributed by atoms with Gasteiger partial charge in [0.1, 0.15) is 11.7 Å². The van der Waals surface area contributed by atoms with Crippen molar-refractivity contribution in [1.82, 2.24) is 4.90 Å². The lowest BCUT2D eigenvalue weighted by Gasteiger charge is -2.29. The molecule has 27 heavy (non-hydrogen) atoms. The summed E-state index contributed by atoms with van der Waals surface area (Å²) >= 11 is 0. The number of carbonyl (C=O) groups excluding carboxylic acids is 1. The highest BCUT2D eigenvalue weighted by Gasteiger charge is 2.23. The molecule has 0 fully saturated rings. The third kappa shape index (κ3) is 5.05. The van der Waals surface area contributed by atoms with Crippen LogP contribution < -0.4 is 4.72 Å². The molecule has 1 aliphatic heterocycles. The molecular weight excluding hydrogens is 371 g/mol. The Labute approximate surface area is 158 Å². The van der Waals surface area contributed by atoms with Crippen molar-refractivity contribution in [2.24, 2.45) is 0 Å². The number of hydrogen-bond donors (Lipinski definition) is 1. The van der Waals surface area contributed by atoms with Gasteiger partial charge in [-0.3, -0.25) is 14.4 Å². The molecule has 0 saturated heterocycles. The highest BCUT2D eigenvalue weighted by molar-refractivity contribution is 7.92. The molecule has 0 unspecified atom stereocenters. The van der Waals surface area contributed by atoms with Crippen molar-refractivity contribution in [2.45, 2.75) is 19.4 Å².